The van der Waals surface area contributed by atoms with E-state index in [0.717, 1.165) is 30.2 Å². The Morgan fingerprint density at radius 3 is 3.07 bits per heavy atom. The molecule has 1 aromatic heterocycles. The van der Waals surface area contributed by atoms with Crippen LogP contribution in [0.1, 0.15) is 30.7 Å². The SMILES string of the molecule is CCNCCc1csc(C(C)OC)n1. The van der Waals surface area contributed by atoms with E-state index in [1.54, 1.807) is 18.4 Å². The van der Waals surface area contributed by atoms with Crippen molar-refractivity contribution in [3.8, 4) is 0 Å². The van der Waals surface area contributed by atoms with E-state index in [1.165, 1.54) is 0 Å². The third-order valence-electron chi connectivity index (χ3n) is 2.08. The Kier molecular flexibility index (Phi) is 5.07. The van der Waals surface area contributed by atoms with E-state index >= 15 is 0 Å². The molecule has 1 unspecified atom stereocenters. The van der Waals surface area contributed by atoms with Gasteiger partial charge in [0.15, 0.2) is 0 Å². The molecule has 0 spiro atoms. The van der Waals surface area contributed by atoms with E-state index in [1.807, 2.05) is 6.92 Å². The van der Waals surface area contributed by atoms with Gasteiger partial charge in [-0.15, -0.1) is 11.3 Å². The maximum Gasteiger partial charge on any atom is 0.121 e. The van der Waals surface area contributed by atoms with Crippen LogP contribution in [0.5, 0.6) is 0 Å². The number of nitrogens with one attached hydrogen (secondary N) is 1. The number of thiazole rings is 1. The number of hydrogen-bond donors (Lipinski definition) is 1. The molecule has 0 aliphatic heterocycles. The average Bonchev–Trinajstić information content (AvgIpc) is 2.66. The molecule has 1 aromatic rings. The fraction of sp³-hybridized carbons (Fsp3) is 0.700. The summed E-state index contributed by atoms with van der Waals surface area (Å²) in [6.45, 7) is 6.15. The highest BCUT2D eigenvalue weighted by atomic mass is 32.1. The summed E-state index contributed by atoms with van der Waals surface area (Å²) in [5.74, 6) is 0. The molecule has 0 aliphatic rings. The van der Waals surface area contributed by atoms with Crippen LogP contribution < -0.4 is 5.32 Å². The molecule has 0 saturated heterocycles. The Balaban J connectivity index is 2.42. The van der Waals surface area contributed by atoms with E-state index in [-0.39, 0.29) is 6.10 Å². The molecule has 0 fully saturated rings. The molecule has 3 nitrogen and oxygen atoms in total. The quantitative estimate of drug-likeness (QED) is 0.735. The molecule has 1 heterocycles. The van der Waals surface area contributed by atoms with Gasteiger partial charge in [-0.1, -0.05) is 6.92 Å². The second kappa shape index (κ2) is 6.11. The number of nitrogens with zero attached hydrogens (tertiary/aromatic N) is 1. The molecular weight excluding hydrogens is 196 g/mol. The zero-order valence-corrected chi connectivity index (χ0v) is 9.86. The van der Waals surface area contributed by atoms with Gasteiger partial charge in [0, 0.05) is 25.5 Å². The summed E-state index contributed by atoms with van der Waals surface area (Å²) in [7, 11) is 1.71. The minimum atomic E-state index is 0.118. The Hall–Kier alpha value is -0.450. The van der Waals surface area contributed by atoms with Gasteiger partial charge in [-0.05, 0) is 13.5 Å². The predicted octanol–water partition coefficient (Wildman–Crippen LogP) is 2.00. The Bertz CT molecular complexity index is 262. The lowest BCUT2D eigenvalue weighted by atomic mass is 10.3. The van der Waals surface area contributed by atoms with Crippen LogP contribution in [0.2, 0.25) is 0 Å². The van der Waals surface area contributed by atoms with Gasteiger partial charge in [0.1, 0.15) is 11.1 Å². The summed E-state index contributed by atoms with van der Waals surface area (Å²) in [4.78, 5) is 4.51. The van der Waals surface area contributed by atoms with Crippen molar-refractivity contribution >= 4 is 11.3 Å². The molecule has 80 valence electrons. The predicted molar refractivity (Wildman–Crippen MR) is 59.8 cm³/mol. The molecule has 0 amide bonds. The summed E-state index contributed by atoms with van der Waals surface area (Å²) >= 11 is 1.68. The van der Waals surface area contributed by atoms with Crippen molar-refractivity contribution in [3.63, 3.8) is 0 Å². The topological polar surface area (TPSA) is 34.1 Å². The lowest BCUT2D eigenvalue weighted by Gasteiger charge is -2.03. The number of ether oxygens (including phenoxy) is 1. The first kappa shape index (κ1) is 11.6. The lowest BCUT2D eigenvalue weighted by Crippen LogP contribution is -2.16. The number of rotatable bonds is 6. The van der Waals surface area contributed by atoms with Crippen molar-refractivity contribution < 1.29 is 4.74 Å². The first-order chi connectivity index (χ1) is 6.77. The van der Waals surface area contributed by atoms with Crippen molar-refractivity contribution in [2.45, 2.75) is 26.4 Å². The van der Waals surface area contributed by atoms with Crippen molar-refractivity contribution in [3.05, 3.63) is 16.1 Å². The highest BCUT2D eigenvalue weighted by Gasteiger charge is 2.08. The maximum atomic E-state index is 5.21. The first-order valence-corrected chi connectivity index (χ1v) is 5.83. The number of aromatic nitrogens is 1. The van der Waals surface area contributed by atoms with E-state index in [9.17, 15) is 0 Å². The molecule has 1 atom stereocenters. The molecule has 0 aliphatic carbocycles. The third kappa shape index (κ3) is 3.36. The second-order valence-electron chi connectivity index (χ2n) is 3.16. The zero-order chi connectivity index (χ0) is 10.4. The molecule has 1 N–H and O–H groups in total. The highest BCUT2D eigenvalue weighted by Crippen LogP contribution is 2.20. The maximum absolute atomic E-state index is 5.21. The van der Waals surface area contributed by atoms with E-state index in [4.69, 9.17) is 4.74 Å². The standard InChI is InChI=1S/C10H18N2OS/c1-4-11-6-5-9-7-14-10(12-9)8(2)13-3/h7-8,11H,4-6H2,1-3H3. The van der Waals surface area contributed by atoms with E-state index in [2.05, 4.69) is 22.6 Å². The zero-order valence-electron chi connectivity index (χ0n) is 9.04. The summed E-state index contributed by atoms with van der Waals surface area (Å²) in [6.07, 6.45) is 1.12. The van der Waals surface area contributed by atoms with Crippen LogP contribution in [0.4, 0.5) is 0 Å². The van der Waals surface area contributed by atoms with Crippen LogP contribution in [0.15, 0.2) is 5.38 Å². The van der Waals surface area contributed by atoms with Crippen LogP contribution in [-0.2, 0) is 11.2 Å². The summed E-state index contributed by atoms with van der Waals surface area (Å²) in [5.41, 5.74) is 1.16. The molecule has 4 heteroatoms. The van der Waals surface area contributed by atoms with Gasteiger partial charge in [-0.25, -0.2) is 4.98 Å². The minimum absolute atomic E-state index is 0.118. The van der Waals surface area contributed by atoms with Crippen LogP contribution in [-0.4, -0.2) is 25.2 Å². The van der Waals surface area contributed by atoms with Gasteiger partial charge < -0.3 is 10.1 Å². The molecule has 14 heavy (non-hydrogen) atoms. The largest absolute Gasteiger partial charge is 0.375 e. The van der Waals surface area contributed by atoms with Gasteiger partial charge in [0.25, 0.3) is 0 Å². The van der Waals surface area contributed by atoms with Crippen molar-refractivity contribution in [1.29, 1.82) is 0 Å². The van der Waals surface area contributed by atoms with Gasteiger partial charge >= 0.3 is 0 Å². The number of likely N-dealkylation sites (N-methyl/N-ethyl adjacent to an activating group) is 1. The second-order valence-corrected chi connectivity index (χ2v) is 4.05. The summed E-state index contributed by atoms with van der Waals surface area (Å²) in [5, 5.41) is 6.46. The lowest BCUT2D eigenvalue weighted by molar-refractivity contribution is 0.119. The smallest absolute Gasteiger partial charge is 0.121 e. The molecule has 1 rings (SSSR count). The van der Waals surface area contributed by atoms with Crippen molar-refractivity contribution in [2.75, 3.05) is 20.2 Å². The van der Waals surface area contributed by atoms with Gasteiger partial charge in [0.2, 0.25) is 0 Å². The van der Waals surface area contributed by atoms with Crippen LogP contribution in [0.25, 0.3) is 0 Å². The molecular formula is C10H18N2OS. The fourth-order valence-corrected chi connectivity index (χ4v) is 2.00. The summed E-state index contributed by atoms with van der Waals surface area (Å²) in [6, 6.07) is 0. The Labute approximate surface area is 89.5 Å². The number of methoxy groups -OCH3 is 1. The Morgan fingerprint density at radius 2 is 2.43 bits per heavy atom. The van der Waals surface area contributed by atoms with Gasteiger partial charge in [0.05, 0.1) is 5.69 Å². The van der Waals surface area contributed by atoms with Crippen LogP contribution in [0.3, 0.4) is 0 Å². The van der Waals surface area contributed by atoms with Crippen molar-refractivity contribution in [1.82, 2.24) is 10.3 Å². The van der Waals surface area contributed by atoms with Crippen molar-refractivity contribution in [2.24, 2.45) is 0 Å². The fourth-order valence-electron chi connectivity index (χ4n) is 1.12. The molecule has 0 bridgehead atoms. The highest BCUT2D eigenvalue weighted by molar-refractivity contribution is 7.09. The Morgan fingerprint density at radius 1 is 1.64 bits per heavy atom. The number of hydrogen-bond acceptors (Lipinski definition) is 4. The third-order valence-corrected chi connectivity index (χ3v) is 3.13. The average molecular weight is 214 g/mol. The molecule has 0 saturated carbocycles. The van der Waals surface area contributed by atoms with Gasteiger partial charge in [-0.3, -0.25) is 0 Å². The van der Waals surface area contributed by atoms with E-state index < -0.39 is 0 Å². The van der Waals surface area contributed by atoms with E-state index in [0.29, 0.717) is 0 Å². The molecule has 0 radical (unpaired) electrons. The first-order valence-electron chi connectivity index (χ1n) is 4.95. The summed E-state index contributed by atoms with van der Waals surface area (Å²) < 4.78 is 5.21. The van der Waals surface area contributed by atoms with Crippen LogP contribution >= 0.6 is 11.3 Å². The minimum Gasteiger partial charge on any atom is -0.375 e. The van der Waals surface area contributed by atoms with Gasteiger partial charge in [-0.2, -0.15) is 0 Å². The normalized spacial score (nSPS) is 13.1. The monoisotopic (exact) mass is 214 g/mol. The van der Waals surface area contributed by atoms with Crippen LogP contribution in [0, 0.1) is 0 Å². The molecule has 0 aromatic carbocycles.